The number of rotatable bonds is 3. The number of fused-ring (bicyclic) bond motifs is 4. The minimum atomic E-state index is -0.277. The van der Waals surface area contributed by atoms with Gasteiger partial charge in [0.15, 0.2) is 0 Å². The Morgan fingerprint density at radius 1 is 1.23 bits per heavy atom. The lowest BCUT2D eigenvalue weighted by Gasteiger charge is -2.47. The predicted octanol–water partition coefficient (Wildman–Crippen LogP) is 2.55. The third-order valence-corrected chi connectivity index (χ3v) is 5.25. The van der Waals surface area contributed by atoms with E-state index >= 15 is 0 Å². The van der Waals surface area contributed by atoms with E-state index in [0.29, 0.717) is 16.0 Å². The lowest BCUT2D eigenvalue weighted by Crippen LogP contribution is -2.62. The molecule has 0 radical (unpaired) electrons. The highest BCUT2D eigenvalue weighted by atomic mass is 79.9. The van der Waals surface area contributed by atoms with Gasteiger partial charge >= 0.3 is 0 Å². The first-order chi connectivity index (χ1) is 10.7. The molecule has 3 aliphatic heterocycles. The van der Waals surface area contributed by atoms with Crippen LogP contribution < -0.4 is 5.32 Å². The van der Waals surface area contributed by atoms with Crippen molar-refractivity contribution in [3.05, 3.63) is 34.6 Å². The first kappa shape index (κ1) is 14.4. The molecule has 1 aromatic heterocycles. The number of anilines is 1. The molecular weight excluding hydrogens is 347 g/mol. The third kappa shape index (κ3) is 2.71. The summed E-state index contributed by atoms with van der Waals surface area (Å²) in [6, 6.07) is 7.72. The molecule has 2 aromatic rings. The van der Waals surface area contributed by atoms with E-state index in [2.05, 4.69) is 36.0 Å². The average molecular weight is 365 g/mol. The fraction of sp³-hybridized carbons (Fsp3) is 0.438. The minimum Gasteiger partial charge on any atom is -0.368 e. The highest BCUT2D eigenvalue weighted by molar-refractivity contribution is 9.10. The Bertz CT molecular complexity index is 700. The largest absolute Gasteiger partial charge is 0.368 e. The number of benzene rings is 1. The van der Waals surface area contributed by atoms with Gasteiger partial charge in [-0.05, 0) is 34.1 Å². The van der Waals surface area contributed by atoms with E-state index in [1.807, 2.05) is 12.1 Å². The Labute approximate surface area is 137 Å². The molecule has 0 spiro atoms. The van der Waals surface area contributed by atoms with Gasteiger partial charge < -0.3 is 5.32 Å². The van der Waals surface area contributed by atoms with Crippen LogP contribution in [0.5, 0.6) is 0 Å². The van der Waals surface area contributed by atoms with Gasteiger partial charge in [0.25, 0.3) is 0 Å². The summed E-state index contributed by atoms with van der Waals surface area (Å²) in [6.07, 6.45) is 0. The maximum Gasteiger partial charge on any atom is 0.139 e. The zero-order chi connectivity index (χ0) is 15.1. The number of aromatic nitrogens is 1. The summed E-state index contributed by atoms with van der Waals surface area (Å²) in [4.78, 5) is 9.59. The zero-order valence-electron chi connectivity index (χ0n) is 12.2. The SMILES string of the molecule is Fc1cc2nc(NCC3CN4CCN3CC4)ccc2cc1Br. The Hall–Kier alpha value is -1.24. The molecule has 1 N–H and O–H groups in total. The fourth-order valence-corrected chi connectivity index (χ4v) is 3.72. The number of hydrogen-bond acceptors (Lipinski definition) is 4. The number of piperazine rings is 3. The molecule has 0 saturated carbocycles. The molecule has 3 saturated heterocycles. The van der Waals surface area contributed by atoms with E-state index in [9.17, 15) is 4.39 Å². The van der Waals surface area contributed by atoms with Gasteiger partial charge in [0.1, 0.15) is 11.6 Å². The smallest absolute Gasteiger partial charge is 0.139 e. The standard InChI is InChI=1S/C16H18BrFN4/c17-13-7-11-1-2-16(20-15(11)8-14(13)18)19-9-12-10-21-3-5-22(12)6-4-21/h1-2,7-8,12H,3-6,9-10H2,(H,19,20). The maximum absolute atomic E-state index is 13.6. The lowest BCUT2D eigenvalue weighted by atomic mass is 10.1. The second kappa shape index (κ2) is 5.76. The number of hydrogen-bond donors (Lipinski definition) is 1. The molecule has 1 atom stereocenters. The van der Waals surface area contributed by atoms with Crippen molar-refractivity contribution in [2.75, 3.05) is 44.6 Å². The van der Waals surface area contributed by atoms with E-state index < -0.39 is 0 Å². The first-order valence-corrected chi connectivity index (χ1v) is 8.44. The van der Waals surface area contributed by atoms with Crippen LogP contribution in [-0.2, 0) is 0 Å². The van der Waals surface area contributed by atoms with Crippen molar-refractivity contribution < 1.29 is 4.39 Å². The van der Waals surface area contributed by atoms with Gasteiger partial charge in [0.05, 0.1) is 9.99 Å². The van der Waals surface area contributed by atoms with Gasteiger partial charge in [-0.3, -0.25) is 9.80 Å². The Morgan fingerprint density at radius 2 is 2.05 bits per heavy atom. The van der Waals surface area contributed by atoms with Crippen LogP contribution in [-0.4, -0.2) is 60.1 Å². The van der Waals surface area contributed by atoms with Crippen molar-refractivity contribution in [2.24, 2.45) is 0 Å². The molecule has 3 fully saturated rings. The molecule has 22 heavy (non-hydrogen) atoms. The Morgan fingerprint density at radius 3 is 2.77 bits per heavy atom. The second-order valence-electron chi connectivity index (χ2n) is 6.03. The molecule has 0 amide bonds. The summed E-state index contributed by atoms with van der Waals surface area (Å²) in [6.45, 7) is 6.72. The topological polar surface area (TPSA) is 31.4 Å². The van der Waals surface area contributed by atoms with Crippen molar-refractivity contribution in [3.63, 3.8) is 0 Å². The van der Waals surface area contributed by atoms with Crippen LogP contribution >= 0.6 is 15.9 Å². The van der Waals surface area contributed by atoms with Crippen LogP contribution in [0, 0.1) is 5.82 Å². The van der Waals surface area contributed by atoms with E-state index in [1.165, 1.54) is 19.2 Å². The van der Waals surface area contributed by atoms with E-state index in [0.717, 1.165) is 37.4 Å². The van der Waals surface area contributed by atoms with Crippen LogP contribution in [0.1, 0.15) is 0 Å². The van der Waals surface area contributed by atoms with Gasteiger partial charge in [-0.1, -0.05) is 0 Å². The summed E-state index contributed by atoms with van der Waals surface area (Å²) in [5.41, 5.74) is 0.680. The van der Waals surface area contributed by atoms with Gasteiger partial charge in [-0.25, -0.2) is 9.37 Å². The Balaban J connectivity index is 1.49. The zero-order valence-corrected chi connectivity index (χ0v) is 13.8. The molecule has 4 heterocycles. The van der Waals surface area contributed by atoms with Gasteiger partial charge in [0.2, 0.25) is 0 Å². The molecule has 4 nitrogen and oxygen atoms in total. The molecule has 1 unspecified atom stereocenters. The monoisotopic (exact) mass is 364 g/mol. The van der Waals surface area contributed by atoms with Crippen LogP contribution in [0.15, 0.2) is 28.7 Å². The van der Waals surface area contributed by atoms with Crippen molar-refractivity contribution in [3.8, 4) is 0 Å². The van der Waals surface area contributed by atoms with Gasteiger partial charge in [-0.2, -0.15) is 0 Å². The van der Waals surface area contributed by atoms with Crippen LogP contribution in [0.2, 0.25) is 0 Å². The summed E-state index contributed by atoms with van der Waals surface area (Å²) < 4.78 is 14.1. The van der Waals surface area contributed by atoms with E-state index in [-0.39, 0.29) is 5.82 Å². The van der Waals surface area contributed by atoms with Crippen molar-refractivity contribution in [2.45, 2.75) is 6.04 Å². The van der Waals surface area contributed by atoms with E-state index in [1.54, 1.807) is 6.07 Å². The normalized spacial score (nSPS) is 27.3. The summed E-state index contributed by atoms with van der Waals surface area (Å²) in [5.74, 6) is 0.535. The number of halogens is 2. The van der Waals surface area contributed by atoms with Crippen molar-refractivity contribution >= 4 is 32.7 Å². The molecular formula is C16H18BrFN4. The molecule has 3 aliphatic rings. The molecule has 2 bridgehead atoms. The Kier molecular flexibility index (Phi) is 3.76. The maximum atomic E-state index is 13.6. The van der Waals surface area contributed by atoms with Crippen molar-refractivity contribution in [1.82, 2.24) is 14.8 Å². The quantitative estimate of drug-likeness (QED) is 0.906. The first-order valence-electron chi connectivity index (χ1n) is 7.65. The fourth-order valence-electron chi connectivity index (χ4n) is 3.36. The minimum absolute atomic E-state index is 0.277. The molecule has 1 aromatic carbocycles. The highest BCUT2D eigenvalue weighted by Crippen LogP contribution is 2.23. The van der Waals surface area contributed by atoms with Crippen molar-refractivity contribution in [1.29, 1.82) is 0 Å². The predicted molar refractivity (Wildman–Crippen MR) is 89.7 cm³/mol. The van der Waals surface area contributed by atoms with Crippen LogP contribution in [0.25, 0.3) is 10.9 Å². The van der Waals surface area contributed by atoms with Gasteiger partial charge in [0, 0.05) is 56.8 Å². The number of nitrogens with zero attached hydrogens (tertiary/aromatic N) is 3. The summed E-state index contributed by atoms with van der Waals surface area (Å²) >= 11 is 3.21. The van der Waals surface area contributed by atoms with E-state index in [4.69, 9.17) is 0 Å². The van der Waals surface area contributed by atoms with Crippen LogP contribution in [0.4, 0.5) is 10.2 Å². The summed E-state index contributed by atoms with van der Waals surface area (Å²) in [7, 11) is 0. The lowest BCUT2D eigenvalue weighted by molar-refractivity contribution is 0.0189. The van der Waals surface area contributed by atoms with Crippen LogP contribution in [0.3, 0.4) is 0 Å². The van der Waals surface area contributed by atoms with Gasteiger partial charge in [-0.15, -0.1) is 0 Å². The molecule has 6 heteroatoms. The molecule has 5 rings (SSSR count). The number of pyridine rings is 1. The average Bonchev–Trinajstić information content (AvgIpc) is 2.55. The number of nitrogens with one attached hydrogen (secondary N) is 1. The summed E-state index contributed by atoms with van der Waals surface area (Å²) in [5, 5.41) is 4.35. The highest BCUT2D eigenvalue weighted by Gasteiger charge is 2.31. The molecule has 116 valence electrons. The molecule has 0 aliphatic carbocycles. The second-order valence-corrected chi connectivity index (χ2v) is 6.88. The third-order valence-electron chi connectivity index (χ3n) is 4.64.